The van der Waals surface area contributed by atoms with Crippen molar-refractivity contribution in [2.75, 3.05) is 23.7 Å². The predicted octanol–water partition coefficient (Wildman–Crippen LogP) is 2.33. The van der Waals surface area contributed by atoms with Gasteiger partial charge in [-0.05, 0) is 36.6 Å². The monoisotopic (exact) mass is 416 g/mol. The second-order valence-electron chi connectivity index (χ2n) is 6.72. The number of carbonyl (C=O) groups excluding carboxylic acids is 3. The molecule has 3 rings (SSSR count). The molecule has 5 N–H and O–H groups in total. The minimum Gasteiger partial charge on any atom is -0.351 e. The number of fused-ring (bicyclic) bond motifs is 1. The smallest absolute Gasteiger partial charge is 0.253 e. The van der Waals surface area contributed by atoms with Gasteiger partial charge in [0.2, 0.25) is 11.8 Å². The van der Waals surface area contributed by atoms with E-state index in [1.807, 2.05) is 24.3 Å². The van der Waals surface area contributed by atoms with Gasteiger partial charge in [-0.1, -0.05) is 30.3 Å². The van der Waals surface area contributed by atoms with Gasteiger partial charge >= 0.3 is 0 Å². The van der Waals surface area contributed by atoms with Gasteiger partial charge in [-0.2, -0.15) is 0 Å². The Bertz CT molecular complexity index is 888. The summed E-state index contributed by atoms with van der Waals surface area (Å²) in [4.78, 5) is 36.9. The third kappa shape index (κ3) is 5.79. The van der Waals surface area contributed by atoms with Crippen LogP contribution < -0.4 is 21.7 Å². The van der Waals surface area contributed by atoms with E-state index in [4.69, 9.17) is 5.73 Å². The molecule has 2 aromatic rings. The Morgan fingerprint density at radius 2 is 1.83 bits per heavy atom. The van der Waals surface area contributed by atoms with Crippen molar-refractivity contribution < 1.29 is 14.4 Å². The fraction of sp³-hybridized carbons (Fsp3) is 0.286. The van der Waals surface area contributed by atoms with Crippen molar-refractivity contribution in [2.45, 2.75) is 19.3 Å². The predicted molar refractivity (Wildman–Crippen MR) is 115 cm³/mol. The zero-order valence-corrected chi connectivity index (χ0v) is 16.8. The van der Waals surface area contributed by atoms with E-state index in [1.165, 1.54) is 0 Å². The summed E-state index contributed by atoms with van der Waals surface area (Å²) in [5.41, 5.74) is 8.15. The lowest BCUT2D eigenvalue weighted by molar-refractivity contribution is -0.121. The molecule has 0 spiro atoms. The highest BCUT2D eigenvalue weighted by Gasteiger charge is 2.26. The van der Waals surface area contributed by atoms with Crippen LogP contribution in [0.3, 0.4) is 0 Å². The fourth-order valence-corrected chi connectivity index (χ4v) is 3.24. The largest absolute Gasteiger partial charge is 0.351 e. The van der Waals surface area contributed by atoms with E-state index in [0.717, 1.165) is 11.3 Å². The van der Waals surface area contributed by atoms with Gasteiger partial charge in [0.1, 0.15) is 0 Å². The van der Waals surface area contributed by atoms with Crippen LogP contribution in [-0.2, 0) is 16.0 Å². The lowest BCUT2D eigenvalue weighted by atomic mass is 9.89. The normalized spacial score (nSPS) is 14.8. The van der Waals surface area contributed by atoms with E-state index < -0.39 is 0 Å². The molecule has 154 valence electrons. The first-order valence-electron chi connectivity index (χ1n) is 9.34. The Labute approximate surface area is 175 Å². The standard InChI is InChI=1S/C21H24N4O3.ClH/c22-11-12-23-21(28)16-6-2-4-8-18(16)24-19(26)10-9-15-13-14-5-1-3-7-17(14)25-20(15)27;/h1-8,15H,9-13,22H2,(H,23,28)(H,24,26)(H,25,27);1H. The van der Waals surface area contributed by atoms with E-state index in [2.05, 4.69) is 16.0 Å². The molecule has 0 fully saturated rings. The van der Waals surface area contributed by atoms with Gasteiger partial charge in [-0.25, -0.2) is 0 Å². The maximum absolute atomic E-state index is 12.4. The van der Waals surface area contributed by atoms with E-state index >= 15 is 0 Å². The number of benzene rings is 2. The van der Waals surface area contributed by atoms with Gasteiger partial charge in [0.15, 0.2) is 0 Å². The third-order valence-electron chi connectivity index (χ3n) is 4.71. The third-order valence-corrected chi connectivity index (χ3v) is 4.71. The van der Waals surface area contributed by atoms with Gasteiger partial charge in [0.05, 0.1) is 11.3 Å². The summed E-state index contributed by atoms with van der Waals surface area (Å²) in [6.45, 7) is 0.701. The van der Waals surface area contributed by atoms with Crippen molar-refractivity contribution in [2.24, 2.45) is 11.7 Å². The maximum atomic E-state index is 12.4. The molecule has 8 heteroatoms. The Morgan fingerprint density at radius 3 is 2.62 bits per heavy atom. The maximum Gasteiger partial charge on any atom is 0.253 e. The van der Waals surface area contributed by atoms with Gasteiger partial charge in [0, 0.05) is 31.1 Å². The first-order valence-corrected chi connectivity index (χ1v) is 9.34. The van der Waals surface area contributed by atoms with Crippen LogP contribution >= 0.6 is 12.4 Å². The number of halogens is 1. The van der Waals surface area contributed by atoms with Crippen LogP contribution in [0.2, 0.25) is 0 Å². The van der Waals surface area contributed by atoms with Crippen molar-refractivity contribution in [3.63, 3.8) is 0 Å². The van der Waals surface area contributed by atoms with Crippen LogP contribution in [0.15, 0.2) is 48.5 Å². The van der Waals surface area contributed by atoms with Crippen molar-refractivity contribution in [3.8, 4) is 0 Å². The molecule has 1 unspecified atom stereocenters. The lowest BCUT2D eigenvalue weighted by Gasteiger charge is -2.24. The van der Waals surface area contributed by atoms with Crippen LogP contribution in [0.1, 0.15) is 28.8 Å². The number of rotatable bonds is 7. The summed E-state index contributed by atoms with van der Waals surface area (Å²) in [6.07, 6.45) is 1.25. The minimum absolute atomic E-state index is 0. The molecular formula is C21H25ClN4O3. The summed E-state index contributed by atoms with van der Waals surface area (Å²) in [7, 11) is 0. The average Bonchev–Trinajstić information content (AvgIpc) is 2.70. The number of anilines is 2. The van der Waals surface area contributed by atoms with Gasteiger partial charge < -0.3 is 21.7 Å². The number of nitrogens with two attached hydrogens (primary N) is 1. The van der Waals surface area contributed by atoms with Crippen molar-refractivity contribution >= 4 is 41.5 Å². The SMILES string of the molecule is Cl.NCCNC(=O)c1ccccc1NC(=O)CCC1Cc2ccccc2NC1=O. The number of para-hydroxylation sites is 2. The molecule has 29 heavy (non-hydrogen) atoms. The number of nitrogens with one attached hydrogen (secondary N) is 3. The molecule has 0 saturated carbocycles. The quantitative estimate of drug-likeness (QED) is 0.554. The van der Waals surface area contributed by atoms with Gasteiger partial charge in [-0.3, -0.25) is 14.4 Å². The Morgan fingerprint density at radius 1 is 1.10 bits per heavy atom. The molecular weight excluding hydrogens is 392 g/mol. The Kier molecular flexibility index (Phi) is 8.18. The molecule has 0 radical (unpaired) electrons. The molecule has 7 nitrogen and oxygen atoms in total. The summed E-state index contributed by atoms with van der Waals surface area (Å²) in [5, 5.41) is 8.36. The van der Waals surface area contributed by atoms with Crippen LogP contribution in [0.5, 0.6) is 0 Å². The summed E-state index contributed by atoms with van der Waals surface area (Å²) < 4.78 is 0. The van der Waals surface area contributed by atoms with Crippen molar-refractivity contribution in [1.82, 2.24) is 5.32 Å². The Hall–Kier alpha value is -2.90. The molecule has 1 aliphatic heterocycles. The molecule has 0 aromatic heterocycles. The van der Waals surface area contributed by atoms with E-state index in [9.17, 15) is 14.4 Å². The van der Waals surface area contributed by atoms with Crippen molar-refractivity contribution in [3.05, 3.63) is 59.7 Å². The first-order chi connectivity index (χ1) is 13.6. The van der Waals surface area contributed by atoms with E-state index in [1.54, 1.807) is 24.3 Å². The van der Waals surface area contributed by atoms with Crippen LogP contribution in [0.4, 0.5) is 11.4 Å². The second kappa shape index (κ2) is 10.6. The fourth-order valence-electron chi connectivity index (χ4n) is 3.24. The topological polar surface area (TPSA) is 113 Å². The van der Waals surface area contributed by atoms with Crippen molar-refractivity contribution in [1.29, 1.82) is 0 Å². The number of carbonyl (C=O) groups is 3. The average molecular weight is 417 g/mol. The number of hydrogen-bond acceptors (Lipinski definition) is 4. The lowest BCUT2D eigenvalue weighted by Crippen LogP contribution is -2.31. The molecule has 1 heterocycles. The summed E-state index contributed by atoms with van der Waals surface area (Å²) in [6, 6.07) is 14.5. The zero-order valence-electron chi connectivity index (χ0n) is 15.9. The van der Waals surface area contributed by atoms with Crippen LogP contribution in [0.25, 0.3) is 0 Å². The molecule has 0 saturated heterocycles. The number of hydrogen-bond donors (Lipinski definition) is 4. The minimum atomic E-state index is -0.287. The molecule has 0 bridgehead atoms. The van der Waals surface area contributed by atoms with Crippen LogP contribution in [0, 0.1) is 5.92 Å². The van der Waals surface area contributed by atoms with E-state index in [-0.39, 0.29) is 42.5 Å². The summed E-state index contributed by atoms with van der Waals surface area (Å²) >= 11 is 0. The summed E-state index contributed by atoms with van der Waals surface area (Å²) in [5.74, 6) is -0.827. The highest BCUT2D eigenvalue weighted by molar-refractivity contribution is 6.04. The molecule has 0 aliphatic carbocycles. The number of amides is 3. The second-order valence-corrected chi connectivity index (χ2v) is 6.72. The Balaban J connectivity index is 0.00000300. The van der Waals surface area contributed by atoms with Gasteiger partial charge in [-0.15, -0.1) is 12.4 Å². The van der Waals surface area contributed by atoms with E-state index in [0.29, 0.717) is 37.2 Å². The zero-order chi connectivity index (χ0) is 19.9. The highest BCUT2D eigenvalue weighted by Crippen LogP contribution is 2.27. The van der Waals surface area contributed by atoms with Crippen LogP contribution in [-0.4, -0.2) is 30.8 Å². The molecule has 3 amide bonds. The first kappa shape index (κ1) is 22.4. The molecule has 1 atom stereocenters. The van der Waals surface area contributed by atoms with Gasteiger partial charge in [0.25, 0.3) is 5.91 Å². The molecule has 2 aromatic carbocycles. The molecule has 1 aliphatic rings. The highest BCUT2D eigenvalue weighted by atomic mass is 35.5.